The van der Waals surface area contributed by atoms with Gasteiger partial charge in [0.15, 0.2) is 0 Å². The van der Waals surface area contributed by atoms with Crippen LogP contribution in [0, 0.1) is 0 Å². The second kappa shape index (κ2) is 5.27. The number of nitrogens with two attached hydrogens (primary N) is 1. The van der Waals surface area contributed by atoms with E-state index in [0.29, 0.717) is 23.5 Å². The van der Waals surface area contributed by atoms with E-state index in [0.717, 1.165) is 19.4 Å². The first-order valence-electron chi connectivity index (χ1n) is 6.11. The second-order valence-corrected chi connectivity index (χ2v) is 4.50. The Balaban J connectivity index is 1.97. The molecule has 1 saturated carbocycles. The van der Waals surface area contributed by atoms with Gasteiger partial charge in [0, 0.05) is 12.6 Å². The molecule has 0 heterocycles. The summed E-state index contributed by atoms with van der Waals surface area (Å²) in [4.78, 5) is 10.9. The fourth-order valence-corrected chi connectivity index (χ4v) is 2.09. The fourth-order valence-electron chi connectivity index (χ4n) is 2.09. The first kappa shape index (κ1) is 12.7. The van der Waals surface area contributed by atoms with Gasteiger partial charge in [0.2, 0.25) is 0 Å². The minimum absolute atomic E-state index is 0.243. The van der Waals surface area contributed by atoms with Gasteiger partial charge in [-0.25, -0.2) is 4.79 Å². The van der Waals surface area contributed by atoms with Crippen LogP contribution < -0.4 is 11.1 Å². The molecule has 0 aromatic heterocycles. The second-order valence-electron chi connectivity index (χ2n) is 4.50. The van der Waals surface area contributed by atoms with Gasteiger partial charge in [0.25, 0.3) is 0 Å². The Bertz CT molecular complexity index is 442. The number of ether oxygens (including phenoxy) is 1. The van der Waals surface area contributed by atoms with Crippen LogP contribution in [0.1, 0.15) is 30.1 Å². The molecule has 1 aliphatic carbocycles. The number of hydrogen-bond acceptors (Lipinski definition) is 4. The lowest BCUT2D eigenvalue weighted by Crippen LogP contribution is -2.41. The third kappa shape index (κ3) is 2.73. The number of carbonyl (C=O) groups is 1. The molecule has 1 aromatic rings. The Hall–Kier alpha value is -1.75. The lowest BCUT2D eigenvalue weighted by Gasteiger charge is -2.36. The number of nitrogens with one attached hydrogen (secondary N) is 1. The van der Waals surface area contributed by atoms with Crippen molar-refractivity contribution in [2.75, 3.05) is 17.7 Å². The van der Waals surface area contributed by atoms with Gasteiger partial charge in [0.05, 0.1) is 23.0 Å². The van der Waals surface area contributed by atoms with Gasteiger partial charge in [-0.2, -0.15) is 0 Å². The van der Waals surface area contributed by atoms with Crippen molar-refractivity contribution in [1.29, 1.82) is 0 Å². The molecule has 0 atom stereocenters. The predicted molar refractivity (Wildman–Crippen MR) is 69.9 cm³/mol. The highest BCUT2D eigenvalue weighted by molar-refractivity contribution is 5.90. The summed E-state index contributed by atoms with van der Waals surface area (Å²) in [5.74, 6) is -0.946. The molecule has 0 unspecified atom stereocenters. The Kier molecular flexibility index (Phi) is 3.72. The summed E-state index contributed by atoms with van der Waals surface area (Å²) in [6.45, 7) is 2.71. The van der Waals surface area contributed by atoms with Crippen LogP contribution in [0.3, 0.4) is 0 Å². The number of carboxylic acid groups (broad SMARTS) is 1. The van der Waals surface area contributed by atoms with Crippen LogP contribution in [-0.4, -0.2) is 29.8 Å². The highest BCUT2D eigenvalue weighted by Crippen LogP contribution is 2.29. The summed E-state index contributed by atoms with van der Waals surface area (Å²) < 4.78 is 5.47. The molecule has 0 aliphatic heterocycles. The Morgan fingerprint density at radius 3 is 2.89 bits per heavy atom. The lowest BCUT2D eigenvalue weighted by molar-refractivity contribution is 0.00299. The van der Waals surface area contributed by atoms with Gasteiger partial charge in [-0.15, -0.1) is 0 Å². The molecule has 1 aliphatic rings. The van der Waals surface area contributed by atoms with Crippen LogP contribution in [0.25, 0.3) is 0 Å². The van der Waals surface area contributed by atoms with Crippen molar-refractivity contribution in [3.63, 3.8) is 0 Å². The highest BCUT2D eigenvalue weighted by Gasteiger charge is 2.29. The van der Waals surface area contributed by atoms with Crippen LogP contribution in [0.5, 0.6) is 0 Å². The van der Waals surface area contributed by atoms with E-state index < -0.39 is 5.97 Å². The van der Waals surface area contributed by atoms with E-state index in [1.165, 1.54) is 6.07 Å². The van der Waals surface area contributed by atoms with E-state index in [-0.39, 0.29) is 5.56 Å². The lowest BCUT2D eigenvalue weighted by atomic mass is 9.89. The van der Waals surface area contributed by atoms with E-state index in [4.69, 9.17) is 15.6 Å². The Morgan fingerprint density at radius 2 is 2.28 bits per heavy atom. The molecule has 1 aromatic carbocycles. The average molecular weight is 250 g/mol. The van der Waals surface area contributed by atoms with Gasteiger partial charge in [0.1, 0.15) is 0 Å². The fraction of sp³-hybridized carbons (Fsp3) is 0.462. The summed E-state index contributed by atoms with van der Waals surface area (Å²) in [6.07, 6.45) is 2.19. The molecule has 5 nitrogen and oxygen atoms in total. The molecule has 5 heteroatoms. The Morgan fingerprint density at radius 1 is 1.56 bits per heavy atom. The third-order valence-corrected chi connectivity index (χ3v) is 3.16. The third-order valence-electron chi connectivity index (χ3n) is 3.16. The van der Waals surface area contributed by atoms with Crippen LogP contribution in [-0.2, 0) is 4.74 Å². The van der Waals surface area contributed by atoms with Crippen LogP contribution in [0.4, 0.5) is 11.4 Å². The van der Waals surface area contributed by atoms with Crippen LogP contribution in [0.15, 0.2) is 18.2 Å². The zero-order valence-corrected chi connectivity index (χ0v) is 10.3. The number of hydrogen-bond donors (Lipinski definition) is 3. The number of anilines is 2. The van der Waals surface area contributed by atoms with Crippen LogP contribution >= 0.6 is 0 Å². The molecule has 0 saturated heterocycles. The molecule has 0 radical (unpaired) electrons. The van der Waals surface area contributed by atoms with Gasteiger partial charge >= 0.3 is 5.97 Å². The minimum atomic E-state index is -0.946. The minimum Gasteiger partial charge on any atom is -0.478 e. The Labute approximate surface area is 106 Å². The first-order chi connectivity index (χ1) is 8.60. The molecule has 4 N–H and O–H groups in total. The van der Waals surface area contributed by atoms with E-state index >= 15 is 0 Å². The summed E-state index contributed by atoms with van der Waals surface area (Å²) in [5, 5.41) is 12.2. The molecular formula is C13H18N2O3. The molecule has 0 bridgehead atoms. The van der Waals surface area contributed by atoms with E-state index in [1.807, 2.05) is 6.92 Å². The largest absolute Gasteiger partial charge is 0.478 e. The van der Waals surface area contributed by atoms with Gasteiger partial charge in [-0.1, -0.05) is 0 Å². The maximum atomic E-state index is 10.9. The SMILES string of the molecule is CCOC1CC(Nc2cc(C(=O)O)ccc2N)C1. The molecular weight excluding hydrogens is 232 g/mol. The maximum Gasteiger partial charge on any atom is 0.335 e. The topological polar surface area (TPSA) is 84.6 Å². The normalized spacial score (nSPS) is 22.3. The smallest absolute Gasteiger partial charge is 0.335 e. The summed E-state index contributed by atoms with van der Waals surface area (Å²) in [6, 6.07) is 5.01. The summed E-state index contributed by atoms with van der Waals surface area (Å²) in [7, 11) is 0. The molecule has 1 fully saturated rings. The quantitative estimate of drug-likeness (QED) is 0.695. The number of carboxylic acids is 1. The van der Waals surface area contributed by atoms with Crippen molar-refractivity contribution in [2.24, 2.45) is 0 Å². The molecule has 0 spiro atoms. The predicted octanol–water partition coefficient (Wildman–Crippen LogP) is 1.95. The first-order valence-corrected chi connectivity index (χ1v) is 6.11. The molecule has 2 rings (SSSR count). The van der Waals surface area contributed by atoms with E-state index in [1.54, 1.807) is 12.1 Å². The van der Waals surface area contributed by atoms with Crippen molar-refractivity contribution in [3.05, 3.63) is 23.8 Å². The van der Waals surface area contributed by atoms with Gasteiger partial charge in [-0.05, 0) is 38.0 Å². The van der Waals surface area contributed by atoms with Gasteiger partial charge in [-0.3, -0.25) is 0 Å². The monoisotopic (exact) mass is 250 g/mol. The standard InChI is InChI=1S/C13H18N2O3/c1-2-18-10-6-9(7-10)15-12-5-8(13(16)17)3-4-11(12)14/h3-5,9-10,15H,2,6-7,14H2,1H3,(H,16,17). The zero-order valence-electron chi connectivity index (χ0n) is 10.3. The maximum absolute atomic E-state index is 10.9. The highest BCUT2D eigenvalue weighted by atomic mass is 16.5. The number of benzene rings is 1. The molecule has 18 heavy (non-hydrogen) atoms. The molecule has 0 amide bonds. The number of rotatable bonds is 5. The summed E-state index contributed by atoms with van der Waals surface area (Å²) in [5.41, 5.74) is 7.33. The van der Waals surface area contributed by atoms with E-state index in [2.05, 4.69) is 5.32 Å². The molecule has 98 valence electrons. The van der Waals surface area contributed by atoms with Crippen molar-refractivity contribution < 1.29 is 14.6 Å². The van der Waals surface area contributed by atoms with Crippen molar-refractivity contribution in [3.8, 4) is 0 Å². The van der Waals surface area contributed by atoms with Gasteiger partial charge < -0.3 is 20.9 Å². The van der Waals surface area contributed by atoms with Crippen LogP contribution in [0.2, 0.25) is 0 Å². The van der Waals surface area contributed by atoms with Crippen molar-refractivity contribution in [1.82, 2.24) is 0 Å². The number of aromatic carboxylic acids is 1. The van der Waals surface area contributed by atoms with Crippen molar-refractivity contribution >= 4 is 17.3 Å². The van der Waals surface area contributed by atoms with Crippen molar-refractivity contribution in [2.45, 2.75) is 31.9 Å². The average Bonchev–Trinajstić information content (AvgIpc) is 2.28. The zero-order chi connectivity index (χ0) is 13.1. The summed E-state index contributed by atoms with van der Waals surface area (Å²) >= 11 is 0. The number of nitrogen functional groups attached to an aromatic ring is 1. The van der Waals surface area contributed by atoms with E-state index in [9.17, 15) is 4.79 Å².